The van der Waals surface area contributed by atoms with Crippen LogP contribution in [0, 0.1) is 11.7 Å². The largest absolute Gasteiger partial charge is 0.361 e. The highest BCUT2D eigenvalue weighted by molar-refractivity contribution is 7.98. The summed E-state index contributed by atoms with van der Waals surface area (Å²) in [6.07, 6.45) is 4.53. The van der Waals surface area contributed by atoms with Gasteiger partial charge in [0.2, 0.25) is 5.78 Å². The van der Waals surface area contributed by atoms with E-state index in [1.807, 2.05) is 28.2 Å². The molecular weight excluding hydrogens is 501 g/mol. The van der Waals surface area contributed by atoms with Crippen LogP contribution in [0.3, 0.4) is 0 Å². The molecule has 1 saturated heterocycles. The van der Waals surface area contributed by atoms with Crippen LogP contribution < -0.4 is 4.90 Å². The lowest BCUT2D eigenvalue weighted by Crippen LogP contribution is -2.39. The van der Waals surface area contributed by atoms with Crippen LogP contribution >= 0.6 is 23.4 Å². The molecule has 2 heterocycles. The minimum Gasteiger partial charge on any atom is -0.361 e. The fraction of sp³-hybridized carbons (Fsp3) is 0.444. The van der Waals surface area contributed by atoms with Crippen LogP contribution in [0.5, 0.6) is 0 Å². The van der Waals surface area contributed by atoms with E-state index >= 15 is 0 Å². The fourth-order valence-corrected chi connectivity index (χ4v) is 5.84. The standard InChI is InChI=1S/C27H31ClFN3O3S/c1-30(2)27(35)25(33)22-15-32(16-36-3)24-14-23(28)21(13-20(22)24)26(34)31-10-8-18(9-11-31)12-17-4-6-19(29)7-5-17/h4-7,13-14,18,22H,8-12,15-16H2,1-3H3. The third-order valence-corrected chi connectivity index (χ3v) is 7.91. The van der Waals surface area contributed by atoms with Crippen LogP contribution in [0.4, 0.5) is 10.1 Å². The molecule has 2 aromatic rings. The molecule has 192 valence electrons. The molecule has 0 spiro atoms. The van der Waals surface area contributed by atoms with E-state index in [2.05, 4.69) is 0 Å². The number of ketones is 1. The zero-order chi connectivity index (χ0) is 26.0. The number of rotatable bonds is 7. The Morgan fingerprint density at radius 1 is 1.11 bits per heavy atom. The van der Waals surface area contributed by atoms with E-state index in [4.69, 9.17) is 11.6 Å². The Hall–Kier alpha value is -2.58. The normalized spacial score (nSPS) is 17.8. The van der Waals surface area contributed by atoms with Gasteiger partial charge in [-0.1, -0.05) is 23.7 Å². The first kappa shape index (κ1) is 26.5. The topological polar surface area (TPSA) is 60.9 Å². The Balaban J connectivity index is 1.51. The maximum Gasteiger partial charge on any atom is 0.290 e. The molecule has 2 aromatic carbocycles. The maximum atomic E-state index is 13.5. The molecule has 36 heavy (non-hydrogen) atoms. The number of hydrogen-bond donors (Lipinski definition) is 0. The second-order valence-electron chi connectivity index (χ2n) is 9.71. The molecule has 0 bridgehead atoms. The average molecular weight is 532 g/mol. The lowest BCUT2D eigenvalue weighted by atomic mass is 9.89. The first-order valence-electron chi connectivity index (χ1n) is 12.1. The molecule has 1 unspecified atom stereocenters. The summed E-state index contributed by atoms with van der Waals surface area (Å²) in [5, 5.41) is 0.352. The van der Waals surface area contributed by atoms with E-state index in [0.29, 0.717) is 47.6 Å². The molecule has 1 atom stereocenters. The van der Waals surface area contributed by atoms with Crippen molar-refractivity contribution < 1.29 is 18.8 Å². The van der Waals surface area contributed by atoms with Gasteiger partial charge >= 0.3 is 0 Å². The van der Waals surface area contributed by atoms with Gasteiger partial charge in [-0.25, -0.2) is 4.39 Å². The van der Waals surface area contributed by atoms with E-state index in [9.17, 15) is 18.8 Å². The van der Waals surface area contributed by atoms with Crippen molar-refractivity contribution in [3.8, 4) is 0 Å². The van der Waals surface area contributed by atoms with E-state index in [-0.39, 0.29) is 11.7 Å². The van der Waals surface area contributed by atoms with Crippen molar-refractivity contribution in [1.29, 1.82) is 0 Å². The van der Waals surface area contributed by atoms with E-state index in [1.54, 1.807) is 38.0 Å². The molecule has 2 aliphatic heterocycles. The number of carbonyl (C=O) groups is 3. The highest BCUT2D eigenvalue weighted by Gasteiger charge is 2.38. The number of benzene rings is 2. The van der Waals surface area contributed by atoms with Gasteiger partial charge in [-0.05, 0) is 66.8 Å². The minimum atomic E-state index is -0.632. The summed E-state index contributed by atoms with van der Waals surface area (Å²) < 4.78 is 13.2. The summed E-state index contributed by atoms with van der Waals surface area (Å²) in [7, 11) is 3.12. The lowest BCUT2D eigenvalue weighted by molar-refractivity contribution is -0.143. The summed E-state index contributed by atoms with van der Waals surface area (Å²) in [5.41, 5.74) is 2.95. The smallest absolute Gasteiger partial charge is 0.290 e. The number of halogens is 2. The Morgan fingerprint density at radius 3 is 2.39 bits per heavy atom. The molecule has 0 saturated carbocycles. The molecule has 0 aliphatic carbocycles. The average Bonchev–Trinajstić information content (AvgIpc) is 3.21. The molecule has 4 rings (SSSR count). The van der Waals surface area contributed by atoms with Gasteiger partial charge in [0.25, 0.3) is 11.8 Å². The number of anilines is 1. The number of hydrogen-bond acceptors (Lipinski definition) is 5. The zero-order valence-electron chi connectivity index (χ0n) is 20.8. The molecule has 9 heteroatoms. The van der Waals surface area contributed by atoms with Crippen LogP contribution in [0.15, 0.2) is 36.4 Å². The molecule has 1 fully saturated rings. The molecule has 6 nitrogen and oxygen atoms in total. The summed E-state index contributed by atoms with van der Waals surface area (Å²) in [6, 6.07) is 10.1. The van der Waals surface area contributed by atoms with Gasteiger partial charge in [0.15, 0.2) is 0 Å². The second kappa shape index (κ2) is 11.2. The van der Waals surface area contributed by atoms with Crippen LogP contribution in [-0.4, -0.2) is 73.3 Å². The number of likely N-dealkylation sites (tertiary alicyclic amines) is 1. The Labute approximate surface area is 220 Å². The monoisotopic (exact) mass is 531 g/mol. The third-order valence-electron chi connectivity index (χ3n) is 7.02. The summed E-state index contributed by atoms with van der Waals surface area (Å²) in [4.78, 5) is 44.1. The molecule has 0 aromatic heterocycles. The Morgan fingerprint density at radius 2 is 1.78 bits per heavy atom. The highest BCUT2D eigenvalue weighted by Crippen LogP contribution is 2.41. The molecule has 2 amide bonds. The van der Waals surface area contributed by atoms with E-state index in [0.717, 1.165) is 30.5 Å². The molecule has 0 N–H and O–H groups in total. The molecule has 2 aliphatic rings. The van der Waals surface area contributed by atoms with Crippen LogP contribution in [0.2, 0.25) is 5.02 Å². The lowest BCUT2D eigenvalue weighted by Gasteiger charge is -2.32. The Kier molecular flexibility index (Phi) is 8.25. The summed E-state index contributed by atoms with van der Waals surface area (Å²) >= 11 is 8.22. The van der Waals surface area contributed by atoms with Gasteiger partial charge in [-0.2, -0.15) is 0 Å². The van der Waals surface area contributed by atoms with E-state index in [1.165, 1.54) is 17.0 Å². The number of likely N-dealkylation sites (N-methyl/N-ethyl adjacent to an activating group) is 1. The van der Waals surface area contributed by atoms with E-state index < -0.39 is 17.6 Å². The number of Topliss-reactive ketones (excluding diaryl/α,β-unsaturated/α-hetero) is 1. The summed E-state index contributed by atoms with van der Waals surface area (Å²) in [6.45, 7) is 1.60. The van der Waals surface area contributed by atoms with Crippen LogP contribution in [0.1, 0.15) is 40.2 Å². The number of nitrogens with zero attached hydrogens (tertiary/aromatic N) is 3. The highest BCUT2D eigenvalue weighted by atomic mass is 35.5. The first-order valence-corrected chi connectivity index (χ1v) is 13.8. The molecular formula is C27H31ClFN3O3S. The van der Waals surface area contributed by atoms with Gasteiger partial charge in [0.05, 0.1) is 22.4 Å². The van der Waals surface area contributed by atoms with Gasteiger partial charge < -0.3 is 14.7 Å². The minimum absolute atomic E-state index is 0.156. The first-order chi connectivity index (χ1) is 17.2. The van der Waals surface area contributed by atoms with Crippen molar-refractivity contribution in [2.24, 2.45) is 5.92 Å². The van der Waals surface area contributed by atoms with Gasteiger partial charge in [-0.15, -0.1) is 11.8 Å². The second-order valence-corrected chi connectivity index (χ2v) is 11.0. The SMILES string of the molecule is CSCN1CC(C(=O)C(=O)N(C)C)c2cc(C(=O)N3CCC(Cc4ccc(F)cc4)CC3)c(Cl)cc21. The third kappa shape index (κ3) is 5.54. The van der Waals surface area contributed by atoms with Crippen LogP contribution in [0.25, 0.3) is 0 Å². The quantitative estimate of drug-likeness (QED) is 0.494. The number of amides is 2. The van der Waals surface area contributed by atoms with Crippen molar-refractivity contribution in [3.63, 3.8) is 0 Å². The predicted octanol–water partition coefficient (Wildman–Crippen LogP) is 4.46. The van der Waals surface area contributed by atoms with Crippen molar-refractivity contribution in [3.05, 3.63) is 63.9 Å². The van der Waals surface area contributed by atoms with Crippen molar-refractivity contribution in [2.45, 2.75) is 25.2 Å². The maximum absolute atomic E-state index is 13.5. The number of carbonyl (C=O) groups excluding carboxylic acids is 3. The zero-order valence-corrected chi connectivity index (χ0v) is 22.4. The predicted molar refractivity (Wildman–Crippen MR) is 142 cm³/mol. The Bertz CT molecular complexity index is 1150. The van der Waals surface area contributed by atoms with Crippen molar-refractivity contribution >= 4 is 46.6 Å². The van der Waals surface area contributed by atoms with Gasteiger partial charge in [-0.3, -0.25) is 14.4 Å². The molecule has 0 radical (unpaired) electrons. The number of fused-ring (bicyclic) bond motifs is 1. The fourth-order valence-electron chi connectivity index (χ4n) is 5.05. The number of piperidine rings is 1. The van der Waals surface area contributed by atoms with Crippen molar-refractivity contribution in [1.82, 2.24) is 9.80 Å². The van der Waals surface area contributed by atoms with Crippen molar-refractivity contribution in [2.75, 3.05) is 50.8 Å². The van der Waals surface area contributed by atoms with Gasteiger partial charge in [0, 0.05) is 39.4 Å². The number of thioether (sulfide) groups is 1. The summed E-state index contributed by atoms with van der Waals surface area (Å²) in [5.74, 6) is -0.983. The van der Waals surface area contributed by atoms with Gasteiger partial charge in [0.1, 0.15) is 5.82 Å². The van der Waals surface area contributed by atoms with Crippen LogP contribution in [-0.2, 0) is 16.0 Å².